The summed E-state index contributed by atoms with van der Waals surface area (Å²) in [5, 5.41) is 3.33. The predicted octanol–water partition coefficient (Wildman–Crippen LogP) is 4.67. The smallest absolute Gasteiger partial charge is 0.259 e. The second-order valence-electron chi connectivity index (χ2n) is 4.23. The van der Waals surface area contributed by atoms with E-state index in [1.807, 2.05) is 19.1 Å². The van der Waals surface area contributed by atoms with Gasteiger partial charge in [-0.1, -0.05) is 39.7 Å². The van der Waals surface area contributed by atoms with Crippen LogP contribution in [-0.4, -0.2) is 13.0 Å². The van der Waals surface area contributed by atoms with Gasteiger partial charge in [-0.05, 0) is 36.8 Å². The minimum absolute atomic E-state index is 0.259. The summed E-state index contributed by atoms with van der Waals surface area (Å²) in [6, 6.07) is 10.7. The van der Waals surface area contributed by atoms with Gasteiger partial charge in [0.05, 0.1) is 23.4 Å². The number of carbonyl (C=O) groups excluding carboxylic acids is 1. The van der Waals surface area contributed by atoms with Crippen molar-refractivity contribution in [2.75, 3.05) is 12.4 Å². The van der Waals surface area contributed by atoms with Crippen molar-refractivity contribution in [1.29, 1.82) is 0 Å². The highest BCUT2D eigenvalue weighted by molar-refractivity contribution is 9.10. The van der Waals surface area contributed by atoms with Crippen molar-refractivity contribution >= 4 is 39.1 Å². The van der Waals surface area contributed by atoms with Crippen LogP contribution in [0.1, 0.15) is 15.9 Å². The number of aryl methyl sites for hydroxylation is 1. The minimum atomic E-state index is -0.259. The highest BCUT2D eigenvalue weighted by atomic mass is 79.9. The number of hydrogen-bond acceptors (Lipinski definition) is 2. The second-order valence-corrected chi connectivity index (χ2v) is 5.55. The predicted molar refractivity (Wildman–Crippen MR) is 84.8 cm³/mol. The average molecular weight is 355 g/mol. The summed E-state index contributed by atoms with van der Waals surface area (Å²) in [6.07, 6.45) is 0. The molecule has 1 amide bonds. The summed E-state index contributed by atoms with van der Waals surface area (Å²) < 4.78 is 6.07. The van der Waals surface area contributed by atoms with Gasteiger partial charge in [0.25, 0.3) is 5.91 Å². The third-order valence-corrected chi connectivity index (χ3v) is 3.68. The Morgan fingerprint density at radius 2 is 2.05 bits per heavy atom. The van der Waals surface area contributed by atoms with Gasteiger partial charge in [0.1, 0.15) is 5.75 Å². The standard InChI is InChI=1S/C15H13BrClNO2/c1-9-4-3-5-12(17)14(9)18-15(19)11-7-6-10(16)8-13(11)20-2/h3-8H,1-2H3,(H,18,19). The van der Waals surface area contributed by atoms with E-state index in [1.165, 1.54) is 7.11 Å². The molecule has 0 heterocycles. The van der Waals surface area contributed by atoms with E-state index in [2.05, 4.69) is 21.2 Å². The number of rotatable bonds is 3. The quantitative estimate of drug-likeness (QED) is 0.869. The zero-order valence-corrected chi connectivity index (χ0v) is 13.4. The van der Waals surface area contributed by atoms with Gasteiger partial charge in [-0.2, -0.15) is 0 Å². The van der Waals surface area contributed by atoms with E-state index in [0.29, 0.717) is 22.0 Å². The molecule has 0 aliphatic rings. The largest absolute Gasteiger partial charge is 0.496 e. The summed E-state index contributed by atoms with van der Waals surface area (Å²) in [5.41, 5.74) is 1.97. The maximum Gasteiger partial charge on any atom is 0.259 e. The summed E-state index contributed by atoms with van der Waals surface area (Å²) in [4.78, 5) is 12.3. The van der Waals surface area contributed by atoms with Gasteiger partial charge in [-0.25, -0.2) is 0 Å². The van der Waals surface area contributed by atoms with Crippen LogP contribution in [0.25, 0.3) is 0 Å². The number of amides is 1. The van der Waals surface area contributed by atoms with Crippen LogP contribution in [0.15, 0.2) is 40.9 Å². The lowest BCUT2D eigenvalue weighted by atomic mass is 10.1. The summed E-state index contributed by atoms with van der Waals surface area (Å²) in [6.45, 7) is 1.89. The zero-order chi connectivity index (χ0) is 14.7. The van der Waals surface area contributed by atoms with E-state index >= 15 is 0 Å². The SMILES string of the molecule is COc1cc(Br)ccc1C(=O)Nc1c(C)cccc1Cl. The van der Waals surface area contributed by atoms with Crippen molar-refractivity contribution < 1.29 is 9.53 Å². The highest BCUT2D eigenvalue weighted by Crippen LogP contribution is 2.28. The van der Waals surface area contributed by atoms with Crippen molar-refractivity contribution in [3.63, 3.8) is 0 Å². The van der Waals surface area contributed by atoms with Gasteiger partial charge in [0, 0.05) is 4.47 Å². The van der Waals surface area contributed by atoms with E-state index in [9.17, 15) is 4.79 Å². The van der Waals surface area contributed by atoms with Crippen LogP contribution in [-0.2, 0) is 0 Å². The van der Waals surface area contributed by atoms with E-state index in [-0.39, 0.29) is 5.91 Å². The Hall–Kier alpha value is -1.52. The molecule has 1 N–H and O–H groups in total. The Kier molecular flexibility index (Phi) is 4.68. The van der Waals surface area contributed by atoms with Crippen LogP contribution >= 0.6 is 27.5 Å². The average Bonchev–Trinajstić information content (AvgIpc) is 2.42. The van der Waals surface area contributed by atoms with E-state index in [4.69, 9.17) is 16.3 Å². The number of benzene rings is 2. The van der Waals surface area contributed by atoms with Crippen molar-refractivity contribution in [2.45, 2.75) is 6.92 Å². The van der Waals surface area contributed by atoms with Crippen LogP contribution in [0.3, 0.4) is 0 Å². The number of halogens is 2. The molecule has 0 aliphatic carbocycles. The molecular weight excluding hydrogens is 342 g/mol. The number of ether oxygens (including phenoxy) is 1. The molecule has 0 bridgehead atoms. The fraction of sp³-hybridized carbons (Fsp3) is 0.133. The topological polar surface area (TPSA) is 38.3 Å². The van der Waals surface area contributed by atoms with Crippen molar-refractivity contribution in [1.82, 2.24) is 0 Å². The van der Waals surface area contributed by atoms with Gasteiger partial charge >= 0.3 is 0 Å². The summed E-state index contributed by atoms with van der Waals surface area (Å²) >= 11 is 9.45. The van der Waals surface area contributed by atoms with Crippen molar-refractivity contribution in [3.05, 3.63) is 57.0 Å². The molecule has 0 saturated heterocycles. The maximum absolute atomic E-state index is 12.3. The number of carbonyl (C=O) groups is 1. The molecule has 0 unspecified atom stereocenters. The molecule has 0 atom stereocenters. The van der Waals surface area contributed by atoms with E-state index in [1.54, 1.807) is 24.3 Å². The zero-order valence-electron chi connectivity index (χ0n) is 11.0. The minimum Gasteiger partial charge on any atom is -0.496 e. The molecule has 2 aromatic rings. The maximum atomic E-state index is 12.3. The number of nitrogens with one attached hydrogen (secondary N) is 1. The molecule has 104 valence electrons. The van der Waals surface area contributed by atoms with Crippen LogP contribution in [0, 0.1) is 6.92 Å². The van der Waals surface area contributed by atoms with Crippen molar-refractivity contribution in [3.8, 4) is 5.75 Å². The summed E-state index contributed by atoms with van der Waals surface area (Å²) in [7, 11) is 1.53. The van der Waals surface area contributed by atoms with E-state index < -0.39 is 0 Å². The molecule has 5 heteroatoms. The molecule has 20 heavy (non-hydrogen) atoms. The van der Waals surface area contributed by atoms with Crippen LogP contribution in [0.4, 0.5) is 5.69 Å². The highest BCUT2D eigenvalue weighted by Gasteiger charge is 2.15. The Morgan fingerprint density at radius 3 is 2.70 bits per heavy atom. The summed E-state index contributed by atoms with van der Waals surface area (Å²) in [5.74, 6) is 0.243. The molecule has 2 rings (SSSR count). The van der Waals surface area contributed by atoms with Gasteiger partial charge in [-0.3, -0.25) is 4.79 Å². The Balaban J connectivity index is 2.33. The molecular formula is C15H13BrClNO2. The monoisotopic (exact) mass is 353 g/mol. The first-order valence-electron chi connectivity index (χ1n) is 5.93. The normalized spacial score (nSPS) is 10.2. The fourth-order valence-corrected chi connectivity index (χ4v) is 2.43. The van der Waals surface area contributed by atoms with Crippen LogP contribution in [0.2, 0.25) is 5.02 Å². The van der Waals surface area contributed by atoms with Crippen molar-refractivity contribution in [2.24, 2.45) is 0 Å². The van der Waals surface area contributed by atoms with E-state index in [0.717, 1.165) is 10.0 Å². The lowest BCUT2D eigenvalue weighted by Crippen LogP contribution is -2.14. The molecule has 0 aromatic heterocycles. The number of methoxy groups -OCH3 is 1. The first-order chi connectivity index (χ1) is 9.52. The first-order valence-corrected chi connectivity index (χ1v) is 7.10. The Bertz CT molecular complexity index is 638. The molecule has 0 spiro atoms. The lowest BCUT2D eigenvalue weighted by molar-refractivity contribution is 0.102. The molecule has 3 nitrogen and oxygen atoms in total. The lowest BCUT2D eigenvalue weighted by Gasteiger charge is -2.12. The molecule has 0 fully saturated rings. The second kappa shape index (κ2) is 6.29. The third-order valence-electron chi connectivity index (χ3n) is 2.87. The van der Waals surface area contributed by atoms with Gasteiger partial charge in [0.2, 0.25) is 0 Å². The van der Waals surface area contributed by atoms with Crippen LogP contribution < -0.4 is 10.1 Å². The van der Waals surface area contributed by atoms with Gasteiger partial charge in [-0.15, -0.1) is 0 Å². The third kappa shape index (κ3) is 3.14. The first kappa shape index (κ1) is 14.9. The van der Waals surface area contributed by atoms with Gasteiger partial charge < -0.3 is 10.1 Å². The van der Waals surface area contributed by atoms with Gasteiger partial charge in [0.15, 0.2) is 0 Å². The Morgan fingerprint density at radius 1 is 1.30 bits per heavy atom. The molecule has 0 aliphatic heterocycles. The molecule has 0 saturated carbocycles. The number of para-hydroxylation sites is 1. The number of anilines is 1. The molecule has 2 aromatic carbocycles. The fourth-order valence-electron chi connectivity index (χ4n) is 1.82. The number of hydrogen-bond donors (Lipinski definition) is 1. The Labute approximate surface area is 131 Å². The van der Waals surface area contributed by atoms with Crippen LogP contribution in [0.5, 0.6) is 5.75 Å². The molecule has 0 radical (unpaired) electrons.